The van der Waals surface area contributed by atoms with Gasteiger partial charge in [-0.25, -0.2) is 5.90 Å². The summed E-state index contributed by atoms with van der Waals surface area (Å²) in [4.78, 5) is 4.50. The van der Waals surface area contributed by atoms with E-state index < -0.39 is 0 Å². The number of hydrogen-bond donors (Lipinski definition) is 1. The van der Waals surface area contributed by atoms with E-state index >= 15 is 0 Å². The summed E-state index contributed by atoms with van der Waals surface area (Å²) < 4.78 is 11.3. The van der Waals surface area contributed by atoms with E-state index in [1.165, 1.54) is 5.56 Å². The van der Waals surface area contributed by atoms with Gasteiger partial charge in [-0.3, -0.25) is 0 Å². The summed E-state index contributed by atoms with van der Waals surface area (Å²) in [5.74, 6) is 5.80. The maximum atomic E-state index is 5.71. The molecule has 0 saturated heterocycles. The first-order valence-electron chi connectivity index (χ1n) is 7.03. The van der Waals surface area contributed by atoms with Gasteiger partial charge in [0.25, 0.3) is 0 Å². The Balaban J connectivity index is 1.75. The van der Waals surface area contributed by atoms with E-state index in [-0.39, 0.29) is 0 Å². The molecular weight excluding hydrogens is 266 g/mol. The number of ether oxygens (including phenoxy) is 2. The van der Waals surface area contributed by atoms with Gasteiger partial charge in [0.05, 0.1) is 26.4 Å². The number of nitrogens with two attached hydrogens (primary N) is 1. The lowest BCUT2D eigenvalue weighted by Crippen LogP contribution is -2.06. The molecule has 0 unspecified atom stereocenters. The van der Waals surface area contributed by atoms with E-state index in [0.717, 1.165) is 17.7 Å². The highest BCUT2D eigenvalue weighted by Gasteiger charge is 1.99. The van der Waals surface area contributed by atoms with Crippen LogP contribution in [0.15, 0.2) is 54.6 Å². The molecule has 0 aromatic heterocycles. The first-order valence-corrected chi connectivity index (χ1v) is 7.03. The van der Waals surface area contributed by atoms with E-state index in [4.69, 9.17) is 15.4 Å². The molecule has 0 bridgehead atoms. The monoisotopic (exact) mass is 287 g/mol. The summed E-state index contributed by atoms with van der Waals surface area (Å²) >= 11 is 0. The molecule has 2 aromatic rings. The van der Waals surface area contributed by atoms with Crippen LogP contribution >= 0.6 is 0 Å². The standard InChI is InChI=1S/C17H21NO3/c18-21-11-5-10-20-17-9-4-8-16(12-17)14-19-13-15-6-2-1-3-7-15/h1-4,6-9,12H,5,10-11,13-14,18H2. The summed E-state index contributed by atoms with van der Waals surface area (Å²) in [7, 11) is 0. The second kappa shape index (κ2) is 9.13. The Bertz CT molecular complexity index is 516. The number of rotatable bonds is 9. The minimum atomic E-state index is 0.500. The van der Waals surface area contributed by atoms with Crippen LogP contribution in [-0.2, 0) is 22.8 Å². The van der Waals surface area contributed by atoms with Crippen molar-refractivity contribution in [2.45, 2.75) is 19.6 Å². The molecule has 0 radical (unpaired) electrons. The Morgan fingerprint density at radius 1 is 0.810 bits per heavy atom. The van der Waals surface area contributed by atoms with Gasteiger partial charge in [-0.15, -0.1) is 0 Å². The molecule has 21 heavy (non-hydrogen) atoms. The molecule has 0 aliphatic heterocycles. The minimum Gasteiger partial charge on any atom is -0.493 e. The van der Waals surface area contributed by atoms with E-state index in [2.05, 4.69) is 17.0 Å². The normalized spacial score (nSPS) is 10.5. The molecule has 0 heterocycles. The average molecular weight is 287 g/mol. The molecule has 2 N–H and O–H groups in total. The Hall–Kier alpha value is -1.88. The molecule has 2 rings (SSSR count). The van der Waals surface area contributed by atoms with E-state index in [1.807, 2.05) is 42.5 Å². The van der Waals surface area contributed by atoms with Crippen molar-refractivity contribution in [3.63, 3.8) is 0 Å². The predicted octanol–water partition coefficient (Wildman–Crippen LogP) is 3.06. The quantitative estimate of drug-likeness (QED) is 0.569. The van der Waals surface area contributed by atoms with Crippen LogP contribution in [-0.4, -0.2) is 13.2 Å². The van der Waals surface area contributed by atoms with Crippen LogP contribution in [0.4, 0.5) is 0 Å². The van der Waals surface area contributed by atoms with E-state index in [9.17, 15) is 0 Å². The smallest absolute Gasteiger partial charge is 0.119 e. The van der Waals surface area contributed by atoms with Crippen molar-refractivity contribution >= 4 is 0 Å². The van der Waals surface area contributed by atoms with Crippen molar-refractivity contribution in [3.05, 3.63) is 65.7 Å². The molecule has 0 saturated carbocycles. The van der Waals surface area contributed by atoms with Crippen molar-refractivity contribution in [2.75, 3.05) is 13.2 Å². The van der Waals surface area contributed by atoms with Gasteiger partial charge >= 0.3 is 0 Å². The highest BCUT2D eigenvalue weighted by Crippen LogP contribution is 2.15. The average Bonchev–Trinajstić information content (AvgIpc) is 2.53. The highest BCUT2D eigenvalue weighted by molar-refractivity contribution is 5.28. The van der Waals surface area contributed by atoms with Crippen LogP contribution in [0.25, 0.3) is 0 Å². The number of benzene rings is 2. The van der Waals surface area contributed by atoms with Crippen LogP contribution in [0, 0.1) is 0 Å². The van der Waals surface area contributed by atoms with Gasteiger partial charge < -0.3 is 14.3 Å². The highest BCUT2D eigenvalue weighted by atomic mass is 16.6. The van der Waals surface area contributed by atoms with E-state index in [1.54, 1.807) is 0 Å². The van der Waals surface area contributed by atoms with Crippen molar-refractivity contribution in [2.24, 2.45) is 5.90 Å². The third kappa shape index (κ3) is 5.95. The Morgan fingerprint density at radius 2 is 1.57 bits per heavy atom. The summed E-state index contributed by atoms with van der Waals surface area (Å²) in [5.41, 5.74) is 2.27. The van der Waals surface area contributed by atoms with Crippen molar-refractivity contribution in [1.29, 1.82) is 0 Å². The van der Waals surface area contributed by atoms with Gasteiger partial charge in [0, 0.05) is 6.42 Å². The van der Waals surface area contributed by atoms with Crippen molar-refractivity contribution < 1.29 is 14.3 Å². The summed E-state index contributed by atoms with van der Waals surface area (Å²) in [6, 6.07) is 18.1. The maximum Gasteiger partial charge on any atom is 0.119 e. The number of hydrogen-bond acceptors (Lipinski definition) is 4. The van der Waals surface area contributed by atoms with Gasteiger partial charge in [0.15, 0.2) is 0 Å². The van der Waals surface area contributed by atoms with Gasteiger partial charge in [0.1, 0.15) is 5.75 Å². The summed E-state index contributed by atoms with van der Waals surface area (Å²) in [5, 5.41) is 0. The van der Waals surface area contributed by atoms with Crippen molar-refractivity contribution in [1.82, 2.24) is 0 Å². The van der Waals surface area contributed by atoms with Gasteiger partial charge in [-0.05, 0) is 23.3 Å². The summed E-state index contributed by atoms with van der Waals surface area (Å²) in [6.07, 6.45) is 0.769. The van der Waals surface area contributed by atoms with Crippen LogP contribution < -0.4 is 10.6 Å². The first kappa shape index (κ1) is 15.5. The molecular formula is C17H21NO3. The molecule has 112 valence electrons. The SMILES string of the molecule is NOCCCOc1cccc(COCc2ccccc2)c1. The van der Waals surface area contributed by atoms with Crippen LogP contribution in [0.2, 0.25) is 0 Å². The van der Waals surface area contributed by atoms with Crippen LogP contribution in [0.5, 0.6) is 5.75 Å². The van der Waals surface area contributed by atoms with Gasteiger partial charge in [-0.2, -0.15) is 0 Å². The first-order chi connectivity index (χ1) is 10.4. The zero-order valence-corrected chi connectivity index (χ0v) is 12.0. The molecule has 2 aromatic carbocycles. The topological polar surface area (TPSA) is 53.7 Å². The largest absolute Gasteiger partial charge is 0.493 e. The van der Waals surface area contributed by atoms with Gasteiger partial charge in [0.2, 0.25) is 0 Å². The van der Waals surface area contributed by atoms with Crippen LogP contribution in [0.1, 0.15) is 17.5 Å². The lowest BCUT2D eigenvalue weighted by Gasteiger charge is -2.08. The second-order valence-corrected chi connectivity index (χ2v) is 4.70. The molecule has 0 atom stereocenters. The van der Waals surface area contributed by atoms with Crippen LogP contribution in [0.3, 0.4) is 0 Å². The molecule has 0 spiro atoms. The molecule has 4 nitrogen and oxygen atoms in total. The van der Waals surface area contributed by atoms with Gasteiger partial charge in [-0.1, -0.05) is 42.5 Å². The lowest BCUT2D eigenvalue weighted by molar-refractivity contribution is 0.106. The zero-order valence-electron chi connectivity index (χ0n) is 12.0. The molecule has 0 amide bonds. The maximum absolute atomic E-state index is 5.71. The molecule has 0 aliphatic rings. The minimum absolute atomic E-state index is 0.500. The Kier molecular flexibility index (Phi) is 6.74. The van der Waals surface area contributed by atoms with E-state index in [0.29, 0.717) is 26.4 Å². The van der Waals surface area contributed by atoms with Crippen molar-refractivity contribution in [3.8, 4) is 5.75 Å². The Labute approximate surface area is 125 Å². The Morgan fingerprint density at radius 3 is 2.38 bits per heavy atom. The lowest BCUT2D eigenvalue weighted by atomic mass is 10.2. The fourth-order valence-corrected chi connectivity index (χ4v) is 1.92. The third-order valence-corrected chi connectivity index (χ3v) is 2.95. The second-order valence-electron chi connectivity index (χ2n) is 4.70. The predicted molar refractivity (Wildman–Crippen MR) is 81.6 cm³/mol. The molecule has 0 fully saturated rings. The molecule has 4 heteroatoms. The fraction of sp³-hybridized carbons (Fsp3) is 0.294. The molecule has 0 aliphatic carbocycles. The third-order valence-electron chi connectivity index (χ3n) is 2.95. The summed E-state index contributed by atoms with van der Waals surface area (Å²) in [6.45, 7) is 2.27. The zero-order chi connectivity index (χ0) is 14.8. The fourth-order valence-electron chi connectivity index (χ4n) is 1.92.